The Hall–Kier alpha value is -1.68. The Labute approximate surface area is 126 Å². The predicted molar refractivity (Wildman–Crippen MR) is 83.8 cm³/mol. The van der Waals surface area contributed by atoms with E-state index in [4.69, 9.17) is 0 Å². The van der Waals surface area contributed by atoms with Crippen molar-refractivity contribution in [3.8, 4) is 0 Å². The molecule has 0 bridgehead atoms. The van der Waals surface area contributed by atoms with Gasteiger partial charge in [-0.1, -0.05) is 19.4 Å². The molecule has 0 aliphatic carbocycles. The van der Waals surface area contributed by atoms with Gasteiger partial charge in [0.15, 0.2) is 0 Å². The number of imidazole rings is 1. The van der Waals surface area contributed by atoms with Crippen LogP contribution >= 0.6 is 0 Å². The number of aryl methyl sites for hydroxylation is 1. The van der Waals surface area contributed by atoms with E-state index in [1.807, 2.05) is 18.5 Å². The maximum Gasteiger partial charge on any atom is 0.122 e. The van der Waals surface area contributed by atoms with E-state index < -0.39 is 0 Å². The summed E-state index contributed by atoms with van der Waals surface area (Å²) in [5.74, 6) is 1.18. The van der Waals surface area contributed by atoms with Gasteiger partial charge in [0.2, 0.25) is 0 Å². The molecule has 1 fully saturated rings. The number of nitrogens with zero attached hydrogens (tertiary/aromatic N) is 4. The van der Waals surface area contributed by atoms with Crippen LogP contribution < -0.4 is 0 Å². The third kappa shape index (κ3) is 3.32. The van der Waals surface area contributed by atoms with Gasteiger partial charge in [-0.3, -0.25) is 9.88 Å². The van der Waals surface area contributed by atoms with Crippen LogP contribution in [0, 0.1) is 0 Å². The molecule has 0 radical (unpaired) electrons. The Bertz CT molecular complexity index is 549. The zero-order valence-electron chi connectivity index (χ0n) is 12.8. The molecule has 3 rings (SSSR count). The summed E-state index contributed by atoms with van der Waals surface area (Å²) in [5.41, 5.74) is 1.20. The smallest absolute Gasteiger partial charge is 0.122 e. The van der Waals surface area contributed by atoms with E-state index in [1.54, 1.807) is 0 Å². The van der Waals surface area contributed by atoms with Crippen LogP contribution in [0.5, 0.6) is 0 Å². The van der Waals surface area contributed by atoms with Gasteiger partial charge in [-0.05, 0) is 37.9 Å². The highest BCUT2D eigenvalue weighted by Gasteiger charge is 2.25. The normalized spacial score (nSPS) is 19.8. The van der Waals surface area contributed by atoms with Gasteiger partial charge in [-0.2, -0.15) is 0 Å². The van der Waals surface area contributed by atoms with Crippen LogP contribution in [0.15, 0.2) is 36.8 Å². The summed E-state index contributed by atoms with van der Waals surface area (Å²) in [6.45, 7) is 5.33. The first-order valence-electron chi connectivity index (χ1n) is 8.03. The fourth-order valence-electron chi connectivity index (χ4n) is 3.21. The molecule has 0 amide bonds. The minimum Gasteiger partial charge on any atom is -0.334 e. The number of aromatic nitrogens is 3. The topological polar surface area (TPSA) is 34.0 Å². The van der Waals surface area contributed by atoms with Crippen LogP contribution in [0.4, 0.5) is 0 Å². The van der Waals surface area contributed by atoms with Crippen LogP contribution in [0.25, 0.3) is 0 Å². The number of pyridine rings is 1. The first kappa shape index (κ1) is 14.3. The Balaban J connectivity index is 1.77. The van der Waals surface area contributed by atoms with E-state index >= 15 is 0 Å². The van der Waals surface area contributed by atoms with Crippen molar-refractivity contribution < 1.29 is 0 Å². The molecule has 1 aliphatic rings. The third-order valence-electron chi connectivity index (χ3n) is 4.25. The highest BCUT2D eigenvalue weighted by atomic mass is 15.2. The van der Waals surface area contributed by atoms with E-state index in [0.717, 1.165) is 26.1 Å². The van der Waals surface area contributed by atoms with E-state index in [1.165, 1.54) is 30.8 Å². The van der Waals surface area contributed by atoms with Crippen LogP contribution in [-0.4, -0.2) is 26.0 Å². The van der Waals surface area contributed by atoms with Crippen LogP contribution in [-0.2, 0) is 13.1 Å². The molecule has 0 spiro atoms. The average molecular weight is 284 g/mol. The average Bonchev–Trinajstić information content (AvgIpc) is 2.96. The molecule has 1 unspecified atom stereocenters. The van der Waals surface area contributed by atoms with Crippen molar-refractivity contribution in [3.63, 3.8) is 0 Å². The molecule has 0 saturated carbocycles. The fraction of sp³-hybridized carbons (Fsp3) is 0.529. The molecule has 2 aromatic rings. The van der Waals surface area contributed by atoms with Crippen molar-refractivity contribution in [2.45, 2.75) is 51.7 Å². The number of piperidine rings is 1. The minimum atomic E-state index is 0.437. The lowest BCUT2D eigenvalue weighted by Crippen LogP contribution is -2.34. The Kier molecular flexibility index (Phi) is 4.65. The first-order valence-corrected chi connectivity index (χ1v) is 8.03. The number of hydrogen-bond acceptors (Lipinski definition) is 3. The lowest BCUT2D eigenvalue weighted by Gasteiger charge is -2.35. The van der Waals surface area contributed by atoms with E-state index in [0.29, 0.717) is 6.04 Å². The maximum absolute atomic E-state index is 4.57. The zero-order chi connectivity index (χ0) is 14.5. The van der Waals surface area contributed by atoms with Gasteiger partial charge in [0.1, 0.15) is 5.82 Å². The second-order valence-corrected chi connectivity index (χ2v) is 5.77. The fourth-order valence-corrected chi connectivity index (χ4v) is 3.21. The van der Waals surface area contributed by atoms with Crippen molar-refractivity contribution in [3.05, 3.63) is 48.3 Å². The quantitative estimate of drug-likeness (QED) is 0.843. The molecular weight excluding hydrogens is 260 g/mol. The summed E-state index contributed by atoms with van der Waals surface area (Å²) >= 11 is 0. The number of hydrogen-bond donors (Lipinski definition) is 0. The van der Waals surface area contributed by atoms with Gasteiger partial charge in [0, 0.05) is 25.1 Å². The molecule has 2 aromatic heterocycles. The second-order valence-electron chi connectivity index (χ2n) is 5.77. The highest BCUT2D eigenvalue weighted by molar-refractivity contribution is 5.10. The van der Waals surface area contributed by atoms with Gasteiger partial charge in [0.05, 0.1) is 18.3 Å². The van der Waals surface area contributed by atoms with Gasteiger partial charge in [0.25, 0.3) is 0 Å². The monoisotopic (exact) mass is 284 g/mol. The van der Waals surface area contributed by atoms with E-state index in [2.05, 4.69) is 44.7 Å². The second kappa shape index (κ2) is 6.85. The van der Waals surface area contributed by atoms with Crippen LogP contribution in [0.1, 0.15) is 50.2 Å². The molecule has 1 saturated heterocycles. The van der Waals surface area contributed by atoms with Crippen LogP contribution in [0.3, 0.4) is 0 Å². The van der Waals surface area contributed by atoms with E-state index in [9.17, 15) is 0 Å². The molecule has 1 aliphatic heterocycles. The first-order chi connectivity index (χ1) is 10.4. The SMILES string of the molecule is CCCn1ccnc1CN1CCCCC1c1ccccn1. The maximum atomic E-state index is 4.57. The molecule has 21 heavy (non-hydrogen) atoms. The zero-order valence-corrected chi connectivity index (χ0v) is 12.8. The minimum absolute atomic E-state index is 0.437. The molecule has 1 atom stereocenters. The van der Waals surface area contributed by atoms with Crippen molar-refractivity contribution in [2.24, 2.45) is 0 Å². The van der Waals surface area contributed by atoms with Crippen molar-refractivity contribution >= 4 is 0 Å². The summed E-state index contributed by atoms with van der Waals surface area (Å²) < 4.78 is 2.28. The van der Waals surface area contributed by atoms with Crippen molar-refractivity contribution in [2.75, 3.05) is 6.54 Å². The number of rotatable bonds is 5. The molecular formula is C17H24N4. The molecule has 112 valence electrons. The predicted octanol–water partition coefficient (Wildman–Crippen LogP) is 3.42. The Morgan fingerprint density at radius 2 is 2.14 bits per heavy atom. The lowest BCUT2D eigenvalue weighted by atomic mass is 9.99. The van der Waals surface area contributed by atoms with Crippen molar-refractivity contribution in [1.29, 1.82) is 0 Å². The van der Waals surface area contributed by atoms with E-state index in [-0.39, 0.29) is 0 Å². The van der Waals surface area contributed by atoms with Gasteiger partial charge >= 0.3 is 0 Å². The van der Waals surface area contributed by atoms with Crippen LogP contribution in [0.2, 0.25) is 0 Å². The van der Waals surface area contributed by atoms with Gasteiger partial charge in [-0.15, -0.1) is 0 Å². The largest absolute Gasteiger partial charge is 0.334 e. The standard InChI is InChI=1S/C17H24N4/c1-2-11-20-13-10-19-17(20)14-21-12-6-4-8-16(21)15-7-3-5-9-18-15/h3,5,7,9-10,13,16H,2,4,6,8,11-12,14H2,1H3. The third-order valence-corrected chi connectivity index (χ3v) is 4.25. The number of likely N-dealkylation sites (tertiary alicyclic amines) is 1. The Morgan fingerprint density at radius 1 is 1.19 bits per heavy atom. The summed E-state index contributed by atoms with van der Waals surface area (Å²) in [5, 5.41) is 0. The van der Waals surface area contributed by atoms with Gasteiger partial charge < -0.3 is 4.57 Å². The van der Waals surface area contributed by atoms with Gasteiger partial charge in [-0.25, -0.2) is 4.98 Å². The Morgan fingerprint density at radius 3 is 2.95 bits per heavy atom. The summed E-state index contributed by atoms with van der Waals surface area (Å²) in [6, 6.07) is 6.67. The molecule has 3 heterocycles. The lowest BCUT2D eigenvalue weighted by molar-refractivity contribution is 0.132. The summed E-state index contributed by atoms with van der Waals surface area (Å²) in [6.07, 6.45) is 10.8. The summed E-state index contributed by atoms with van der Waals surface area (Å²) in [4.78, 5) is 11.7. The molecule has 0 N–H and O–H groups in total. The molecule has 0 aromatic carbocycles. The molecule has 4 heteroatoms. The molecule has 4 nitrogen and oxygen atoms in total. The highest BCUT2D eigenvalue weighted by Crippen LogP contribution is 2.30. The van der Waals surface area contributed by atoms with Crippen molar-refractivity contribution in [1.82, 2.24) is 19.4 Å². The summed E-state index contributed by atoms with van der Waals surface area (Å²) in [7, 11) is 0.